The van der Waals surface area contributed by atoms with Crippen molar-refractivity contribution in [2.45, 2.75) is 30.2 Å². The molecule has 0 bridgehead atoms. The number of halogens is 1. The van der Waals surface area contributed by atoms with Crippen LogP contribution in [0, 0.1) is 0 Å². The zero-order valence-electron chi connectivity index (χ0n) is 13.6. The van der Waals surface area contributed by atoms with Crippen molar-refractivity contribution in [3.63, 3.8) is 0 Å². The minimum atomic E-state index is -3.46. The van der Waals surface area contributed by atoms with Crippen molar-refractivity contribution < 1.29 is 13.2 Å². The van der Waals surface area contributed by atoms with Crippen molar-refractivity contribution in [3.05, 3.63) is 30.3 Å². The molecule has 134 valence electrons. The second-order valence-electron chi connectivity index (χ2n) is 6.04. The number of benzene rings is 1. The van der Waals surface area contributed by atoms with Gasteiger partial charge in [0.05, 0.1) is 10.9 Å². The van der Waals surface area contributed by atoms with Gasteiger partial charge in [0.25, 0.3) is 0 Å². The summed E-state index contributed by atoms with van der Waals surface area (Å²) in [7, 11) is -3.46. The highest BCUT2D eigenvalue weighted by molar-refractivity contribution is 7.89. The summed E-state index contributed by atoms with van der Waals surface area (Å²) in [6.45, 7) is 2.52. The molecule has 0 spiro atoms. The molecule has 2 heterocycles. The number of sulfonamides is 1. The van der Waals surface area contributed by atoms with Crippen LogP contribution < -0.4 is 5.32 Å². The van der Waals surface area contributed by atoms with E-state index in [1.54, 1.807) is 35.2 Å². The molecule has 3 rings (SSSR count). The first-order chi connectivity index (χ1) is 11.1. The topological polar surface area (TPSA) is 69.7 Å². The zero-order valence-corrected chi connectivity index (χ0v) is 15.2. The Balaban J connectivity index is 0.00000208. The highest BCUT2D eigenvalue weighted by Gasteiger charge is 2.32. The molecule has 6 nitrogen and oxygen atoms in total. The molecule has 1 N–H and O–H groups in total. The van der Waals surface area contributed by atoms with Crippen molar-refractivity contribution in [1.29, 1.82) is 0 Å². The van der Waals surface area contributed by atoms with Gasteiger partial charge in [0.15, 0.2) is 0 Å². The third-order valence-electron chi connectivity index (χ3n) is 4.54. The summed E-state index contributed by atoms with van der Waals surface area (Å²) in [5, 5.41) is 3.26. The maximum Gasteiger partial charge on any atom is 0.243 e. The maximum atomic E-state index is 12.6. The van der Waals surface area contributed by atoms with E-state index in [1.165, 1.54) is 4.31 Å². The quantitative estimate of drug-likeness (QED) is 0.860. The lowest BCUT2D eigenvalue weighted by molar-refractivity contribution is -0.135. The predicted molar refractivity (Wildman–Crippen MR) is 94.7 cm³/mol. The van der Waals surface area contributed by atoms with Crippen LogP contribution >= 0.6 is 12.4 Å². The number of carbonyl (C=O) groups excluding carboxylic acids is 1. The first-order valence-corrected chi connectivity index (χ1v) is 9.60. The Morgan fingerprint density at radius 1 is 1.04 bits per heavy atom. The van der Waals surface area contributed by atoms with Gasteiger partial charge in [-0.3, -0.25) is 4.79 Å². The predicted octanol–water partition coefficient (Wildman–Crippen LogP) is 1.08. The van der Waals surface area contributed by atoms with E-state index in [9.17, 15) is 13.2 Å². The van der Waals surface area contributed by atoms with E-state index in [0.717, 1.165) is 25.8 Å². The van der Waals surface area contributed by atoms with Crippen LogP contribution in [0.4, 0.5) is 0 Å². The monoisotopic (exact) mass is 373 g/mol. The normalized spacial score (nSPS) is 22.7. The number of nitrogens with zero attached hydrogens (tertiary/aromatic N) is 2. The molecule has 1 atom stereocenters. The first kappa shape index (κ1) is 19.2. The third-order valence-corrected chi connectivity index (χ3v) is 6.45. The van der Waals surface area contributed by atoms with Crippen LogP contribution in [0.5, 0.6) is 0 Å². The molecule has 1 amide bonds. The fourth-order valence-electron chi connectivity index (χ4n) is 3.17. The summed E-state index contributed by atoms with van der Waals surface area (Å²) in [5.74, 6) is 0.112. The molecule has 0 unspecified atom stereocenters. The minimum Gasteiger partial charge on any atom is -0.339 e. The van der Waals surface area contributed by atoms with Gasteiger partial charge in [0.2, 0.25) is 15.9 Å². The molecule has 24 heavy (non-hydrogen) atoms. The number of nitrogens with one attached hydrogen (secondary N) is 1. The summed E-state index contributed by atoms with van der Waals surface area (Å²) in [5.41, 5.74) is 0. The molecule has 2 aliphatic rings. The van der Waals surface area contributed by atoms with Gasteiger partial charge in [-0.25, -0.2) is 8.42 Å². The number of amides is 1. The Labute approximate surface area is 149 Å². The van der Waals surface area contributed by atoms with Crippen LogP contribution in [0.15, 0.2) is 35.2 Å². The van der Waals surface area contributed by atoms with Crippen molar-refractivity contribution >= 4 is 28.3 Å². The van der Waals surface area contributed by atoms with Gasteiger partial charge >= 0.3 is 0 Å². The summed E-state index contributed by atoms with van der Waals surface area (Å²) in [4.78, 5) is 14.6. The minimum absolute atomic E-state index is 0. The molecule has 0 saturated carbocycles. The first-order valence-electron chi connectivity index (χ1n) is 8.16. The number of carbonyl (C=O) groups is 1. The number of hydrogen-bond acceptors (Lipinski definition) is 4. The Bertz CT molecular complexity index is 640. The van der Waals surface area contributed by atoms with E-state index in [1.807, 2.05) is 0 Å². The largest absolute Gasteiger partial charge is 0.339 e. The highest BCUT2D eigenvalue weighted by Crippen LogP contribution is 2.18. The SMILES string of the molecule is Cl.O=C([C@H]1CCCCN1)N1CCN(S(=O)(=O)c2ccccc2)CC1. The van der Waals surface area contributed by atoms with E-state index in [2.05, 4.69) is 5.32 Å². The second-order valence-corrected chi connectivity index (χ2v) is 7.98. The second kappa shape index (κ2) is 8.29. The van der Waals surface area contributed by atoms with Gasteiger partial charge in [0, 0.05) is 26.2 Å². The fourth-order valence-corrected chi connectivity index (χ4v) is 4.62. The summed E-state index contributed by atoms with van der Waals surface area (Å²) < 4.78 is 26.6. The van der Waals surface area contributed by atoms with Crippen LogP contribution in [-0.4, -0.2) is 62.3 Å². The van der Waals surface area contributed by atoms with E-state index < -0.39 is 10.0 Å². The van der Waals surface area contributed by atoms with E-state index in [-0.39, 0.29) is 24.4 Å². The molecule has 0 aliphatic carbocycles. The molecule has 8 heteroatoms. The smallest absolute Gasteiger partial charge is 0.243 e. The molecule has 1 aromatic rings. The standard InChI is InChI=1S/C16H23N3O3S.ClH/c20-16(15-8-4-5-9-17-15)18-10-12-19(13-11-18)23(21,22)14-6-2-1-3-7-14;/h1-3,6-7,15,17H,4-5,8-13H2;1H/t15-;/m1./s1. The lowest BCUT2D eigenvalue weighted by Gasteiger charge is -2.36. The van der Waals surface area contributed by atoms with E-state index >= 15 is 0 Å². The molecule has 0 radical (unpaired) electrons. The Morgan fingerprint density at radius 3 is 2.29 bits per heavy atom. The Morgan fingerprint density at radius 2 is 1.71 bits per heavy atom. The number of rotatable bonds is 3. The van der Waals surface area contributed by atoms with Crippen molar-refractivity contribution in [1.82, 2.24) is 14.5 Å². The Kier molecular flexibility index (Phi) is 6.62. The van der Waals surface area contributed by atoms with Crippen LogP contribution in [-0.2, 0) is 14.8 Å². The van der Waals surface area contributed by atoms with Crippen LogP contribution in [0.1, 0.15) is 19.3 Å². The van der Waals surface area contributed by atoms with Gasteiger partial charge in [0.1, 0.15) is 0 Å². The van der Waals surface area contributed by atoms with Crippen molar-refractivity contribution in [2.75, 3.05) is 32.7 Å². The third kappa shape index (κ3) is 4.08. The van der Waals surface area contributed by atoms with Gasteiger partial charge in [-0.15, -0.1) is 12.4 Å². The Hall–Kier alpha value is -1.15. The van der Waals surface area contributed by atoms with Crippen molar-refractivity contribution in [2.24, 2.45) is 0 Å². The number of piperazine rings is 1. The molecular weight excluding hydrogens is 350 g/mol. The lowest BCUT2D eigenvalue weighted by atomic mass is 10.0. The van der Waals surface area contributed by atoms with Crippen LogP contribution in [0.3, 0.4) is 0 Å². The molecule has 1 aromatic carbocycles. The summed E-state index contributed by atoms with van der Waals surface area (Å²) in [6, 6.07) is 8.37. The fraction of sp³-hybridized carbons (Fsp3) is 0.562. The average Bonchev–Trinajstić information content (AvgIpc) is 2.63. The summed E-state index contributed by atoms with van der Waals surface area (Å²) in [6.07, 6.45) is 3.07. The maximum absolute atomic E-state index is 12.6. The lowest BCUT2D eigenvalue weighted by Crippen LogP contribution is -2.55. The number of hydrogen-bond donors (Lipinski definition) is 1. The zero-order chi connectivity index (χ0) is 16.3. The van der Waals surface area contributed by atoms with E-state index in [0.29, 0.717) is 31.1 Å². The highest BCUT2D eigenvalue weighted by atomic mass is 35.5. The molecule has 0 aromatic heterocycles. The molecule has 2 fully saturated rings. The molecular formula is C16H24ClN3O3S. The van der Waals surface area contributed by atoms with Gasteiger partial charge in [-0.2, -0.15) is 4.31 Å². The van der Waals surface area contributed by atoms with Crippen LogP contribution in [0.2, 0.25) is 0 Å². The average molecular weight is 374 g/mol. The summed E-state index contributed by atoms with van der Waals surface area (Å²) >= 11 is 0. The van der Waals surface area contributed by atoms with Gasteiger partial charge in [-0.1, -0.05) is 24.6 Å². The van der Waals surface area contributed by atoms with Crippen molar-refractivity contribution in [3.8, 4) is 0 Å². The van der Waals surface area contributed by atoms with E-state index in [4.69, 9.17) is 0 Å². The van der Waals surface area contributed by atoms with Gasteiger partial charge < -0.3 is 10.2 Å². The number of piperidine rings is 1. The van der Waals surface area contributed by atoms with Crippen LogP contribution in [0.25, 0.3) is 0 Å². The molecule has 2 saturated heterocycles. The van der Waals surface area contributed by atoms with Gasteiger partial charge in [-0.05, 0) is 31.5 Å². The molecule has 2 aliphatic heterocycles.